The molecule has 4 nitrogen and oxygen atoms in total. The number of non-ortho nitro benzene ring substituents is 1. The lowest BCUT2D eigenvalue weighted by molar-refractivity contribution is -0.383. The van der Waals surface area contributed by atoms with Gasteiger partial charge in [-0.1, -0.05) is 36.4 Å². The fourth-order valence-electron chi connectivity index (χ4n) is 2.28. The second-order valence-electron chi connectivity index (χ2n) is 4.95. The van der Waals surface area contributed by atoms with E-state index in [-0.39, 0.29) is 5.69 Å². The molecule has 5 heteroatoms. The van der Waals surface area contributed by atoms with E-state index in [1.807, 2.05) is 48.7 Å². The third-order valence-electron chi connectivity index (χ3n) is 3.48. The smallest absolute Gasteiger partial charge is 0.258 e. The average Bonchev–Trinajstić information content (AvgIpc) is 2.59. The number of para-hydroxylation sites is 1. The minimum Gasteiger partial charge on any atom is -0.258 e. The van der Waals surface area contributed by atoms with Crippen LogP contribution < -0.4 is 0 Å². The van der Waals surface area contributed by atoms with Gasteiger partial charge < -0.3 is 0 Å². The summed E-state index contributed by atoms with van der Waals surface area (Å²) in [6, 6.07) is 16.9. The summed E-state index contributed by atoms with van der Waals surface area (Å²) in [6.07, 6.45) is 5.86. The number of nitro benzene ring substituents is 1. The molecule has 0 unspecified atom stereocenters. The maximum absolute atomic E-state index is 11.1. The van der Waals surface area contributed by atoms with Crippen molar-refractivity contribution in [2.45, 2.75) is 4.90 Å². The van der Waals surface area contributed by atoms with Crippen LogP contribution in [0.2, 0.25) is 0 Å². The topological polar surface area (TPSA) is 56.0 Å². The Bertz CT molecular complexity index is 889. The zero-order valence-corrected chi connectivity index (χ0v) is 13.3. The summed E-state index contributed by atoms with van der Waals surface area (Å²) in [4.78, 5) is 16.3. The van der Waals surface area contributed by atoms with Crippen molar-refractivity contribution in [1.29, 1.82) is 0 Å². The highest BCUT2D eigenvalue weighted by Gasteiger charge is 2.12. The van der Waals surface area contributed by atoms with Crippen LogP contribution in [0, 0.1) is 10.1 Å². The molecule has 0 atom stereocenters. The zero-order valence-electron chi connectivity index (χ0n) is 12.5. The van der Waals surface area contributed by atoms with Crippen molar-refractivity contribution in [2.24, 2.45) is 0 Å². The van der Waals surface area contributed by atoms with Crippen molar-refractivity contribution < 1.29 is 4.92 Å². The molecule has 2 aromatic carbocycles. The van der Waals surface area contributed by atoms with Crippen LogP contribution in [-0.2, 0) is 0 Å². The number of fused-ring (bicyclic) bond motifs is 1. The van der Waals surface area contributed by atoms with E-state index in [0.29, 0.717) is 11.2 Å². The first-order chi connectivity index (χ1) is 11.2. The average molecular weight is 322 g/mol. The molecule has 0 aliphatic rings. The molecule has 0 saturated heterocycles. The molecule has 114 valence electrons. The van der Waals surface area contributed by atoms with Gasteiger partial charge in [0.05, 0.1) is 10.6 Å². The summed E-state index contributed by atoms with van der Waals surface area (Å²) >= 11 is 1.70. The monoisotopic (exact) mass is 322 g/mol. The van der Waals surface area contributed by atoms with Crippen molar-refractivity contribution in [3.05, 3.63) is 76.0 Å². The number of hydrogen-bond acceptors (Lipinski definition) is 4. The van der Waals surface area contributed by atoms with Gasteiger partial charge in [0.1, 0.15) is 5.52 Å². The normalized spacial score (nSPS) is 11.2. The second-order valence-corrected chi connectivity index (χ2v) is 5.83. The van der Waals surface area contributed by atoms with Gasteiger partial charge in [-0.15, -0.1) is 11.8 Å². The number of rotatable bonds is 4. The fraction of sp³-hybridized carbons (Fsp3) is 0.0556. The molecule has 1 aromatic heterocycles. The van der Waals surface area contributed by atoms with Crippen LogP contribution in [0.3, 0.4) is 0 Å². The quantitative estimate of drug-likeness (QED) is 0.384. The number of thioether (sulfide) groups is 1. The molecule has 0 bridgehead atoms. The Kier molecular flexibility index (Phi) is 4.39. The van der Waals surface area contributed by atoms with E-state index in [1.165, 1.54) is 11.0 Å². The molecule has 0 fully saturated rings. The molecular weight excluding hydrogens is 308 g/mol. The van der Waals surface area contributed by atoms with E-state index in [9.17, 15) is 10.1 Å². The van der Waals surface area contributed by atoms with Crippen molar-refractivity contribution in [2.75, 3.05) is 6.26 Å². The largest absolute Gasteiger partial charge is 0.295 e. The van der Waals surface area contributed by atoms with Gasteiger partial charge in [-0.25, -0.2) is 4.98 Å². The van der Waals surface area contributed by atoms with E-state index in [2.05, 4.69) is 17.1 Å². The maximum Gasteiger partial charge on any atom is 0.295 e. The number of nitro groups is 1. The summed E-state index contributed by atoms with van der Waals surface area (Å²) < 4.78 is 0. The van der Waals surface area contributed by atoms with Crippen molar-refractivity contribution in [3.8, 4) is 0 Å². The molecule has 0 saturated carbocycles. The van der Waals surface area contributed by atoms with Crippen LogP contribution in [0.25, 0.3) is 23.1 Å². The number of benzene rings is 2. The highest BCUT2D eigenvalue weighted by molar-refractivity contribution is 7.98. The molecule has 23 heavy (non-hydrogen) atoms. The Balaban J connectivity index is 1.94. The van der Waals surface area contributed by atoms with E-state index < -0.39 is 4.92 Å². The van der Waals surface area contributed by atoms with E-state index in [0.717, 1.165) is 10.9 Å². The van der Waals surface area contributed by atoms with E-state index >= 15 is 0 Å². The van der Waals surface area contributed by atoms with Crippen LogP contribution in [0.15, 0.2) is 59.5 Å². The lowest BCUT2D eigenvalue weighted by Crippen LogP contribution is -1.92. The second kappa shape index (κ2) is 6.62. The lowest BCUT2D eigenvalue weighted by atomic mass is 10.1. The minimum absolute atomic E-state index is 0.0297. The molecular formula is C18H14N2O2S. The predicted octanol–water partition coefficient (Wildman–Crippen LogP) is 5.04. The molecule has 3 rings (SSSR count). The fourth-order valence-corrected chi connectivity index (χ4v) is 2.69. The first-order valence-electron chi connectivity index (χ1n) is 7.04. The highest BCUT2D eigenvalue weighted by Crippen LogP contribution is 2.24. The van der Waals surface area contributed by atoms with Crippen molar-refractivity contribution >= 4 is 40.5 Å². The molecule has 0 spiro atoms. The Morgan fingerprint density at radius 2 is 1.83 bits per heavy atom. The Morgan fingerprint density at radius 3 is 2.52 bits per heavy atom. The van der Waals surface area contributed by atoms with Gasteiger partial charge in [-0.3, -0.25) is 10.1 Å². The van der Waals surface area contributed by atoms with Gasteiger partial charge in [0, 0.05) is 16.3 Å². The SMILES string of the molecule is CSc1ccc(C=Cc2ccc3cccc([N+](=O)[O-])c3n2)cc1. The number of hydrogen-bond donors (Lipinski definition) is 0. The molecule has 0 aliphatic carbocycles. The Hall–Kier alpha value is -2.66. The highest BCUT2D eigenvalue weighted by atomic mass is 32.2. The summed E-state index contributed by atoms with van der Waals surface area (Å²) in [5.41, 5.74) is 2.20. The summed E-state index contributed by atoms with van der Waals surface area (Å²) in [5, 5.41) is 11.9. The van der Waals surface area contributed by atoms with Crippen molar-refractivity contribution in [1.82, 2.24) is 4.98 Å². The Morgan fingerprint density at radius 1 is 1.04 bits per heavy atom. The van der Waals surface area contributed by atoms with Gasteiger partial charge in [0.25, 0.3) is 5.69 Å². The number of nitrogens with zero attached hydrogens (tertiary/aromatic N) is 2. The number of pyridine rings is 1. The first kappa shape index (κ1) is 15.2. The third kappa shape index (κ3) is 3.40. The van der Waals surface area contributed by atoms with Gasteiger partial charge in [0.15, 0.2) is 0 Å². The lowest BCUT2D eigenvalue weighted by Gasteiger charge is -2.01. The molecule has 1 heterocycles. The molecule has 0 amide bonds. The first-order valence-corrected chi connectivity index (χ1v) is 8.26. The van der Waals surface area contributed by atoms with Crippen LogP contribution in [0.4, 0.5) is 5.69 Å². The number of aromatic nitrogens is 1. The standard InChI is InChI=1S/C18H14N2O2S/c1-23-16-11-6-13(7-12-16)5-9-15-10-8-14-3-2-4-17(20(21)22)18(14)19-15/h2-12H,1H3. The van der Waals surface area contributed by atoms with E-state index in [1.54, 1.807) is 17.8 Å². The van der Waals surface area contributed by atoms with Crippen molar-refractivity contribution in [3.63, 3.8) is 0 Å². The van der Waals surface area contributed by atoms with Crippen LogP contribution in [-0.4, -0.2) is 16.2 Å². The Labute approximate surface area is 138 Å². The van der Waals surface area contributed by atoms with Crippen LogP contribution in [0.5, 0.6) is 0 Å². The summed E-state index contributed by atoms with van der Waals surface area (Å²) in [5.74, 6) is 0. The minimum atomic E-state index is -0.399. The summed E-state index contributed by atoms with van der Waals surface area (Å²) in [7, 11) is 0. The van der Waals surface area contributed by atoms with Crippen LogP contribution >= 0.6 is 11.8 Å². The van der Waals surface area contributed by atoms with Gasteiger partial charge in [-0.05, 0) is 36.1 Å². The molecule has 0 N–H and O–H groups in total. The summed E-state index contributed by atoms with van der Waals surface area (Å²) in [6.45, 7) is 0. The molecule has 0 radical (unpaired) electrons. The van der Waals surface area contributed by atoms with Gasteiger partial charge in [0.2, 0.25) is 0 Å². The van der Waals surface area contributed by atoms with Gasteiger partial charge >= 0.3 is 0 Å². The van der Waals surface area contributed by atoms with Crippen LogP contribution in [0.1, 0.15) is 11.3 Å². The maximum atomic E-state index is 11.1. The van der Waals surface area contributed by atoms with Gasteiger partial charge in [-0.2, -0.15) is 0 Å². The molecule has 0 aliphatic heterocycles. The zero-order chi connectivity index (χ0) is 16.2. The van der Waals surface area contributed by atoms with E-state index in [4.69, 9.17) is 0 Å². The third-order valence-corrected chi connectivity index (χ3v) is 4.22. The predicted molar refractivity (Wildman–Crippen MR) is 95.5 cm³/mol. The molecule has 3 aromatic rings.